The van der Waals surface area contributed by atoms with E-state index in [2.05, 4.69) is 32.6 Å². The van der Waals surface area contributed by atoms with Crippen LogP contribution < -0.4 is 0 Å². The summed E-state index contributed by atoms with van der Waals surface area (Å²) in [6.45, 7) is 11.1. The van der Waals surface area contributed by atoms with Crippen molar-refractivity contribution in [1.29, 1.82) is 0 Å². The van der Waals surface area contributed by atoms with Crippen molar-refractivity contribution in [2.75, 3.05) is 13.1 Å². The van der Waals surface area contributed by atoms with Crippen molar-refractivity contribution < 1.29 is 4.74 Å². The van der Waals surface area contributed by atoms with Crippen molar-refractivity contribution in [3.05, 3.63) is 0 Å². The smallest absolute Gasteiger partial charge is 0.0706 e. The van der Waals surface area contributed by atoms with E-state index in [0.29, 0.717) is 18.2 Å². The molecule has 0 radical (unpaired) electrons. The first-order valence-corrected chi connectivity index (χ1v) is 5.49. The van der Waals surface area contributed by atoms with Gasteiger partial charge in [-0.05, 0) is 47.1 Å². The fourth-order valence-electron chi connectivity index (χ4n) is 1.93. The average molecular weight is 185 g/mol. The van der Waals surface area contributed by atoms with Crippen LogP contribution in [0.25, 0.3) is 0 Å². The Kier molecular flexibility index (Phi) is 4.20. The number of hydrogen-bond acceptors (Lipinski definition) is 2. The SMILES string of the molecule is CC(C)O[C@H]1CCCN(C(C)C)C1. The van der Waals surface area contributed by atoms with Crippen LogP contribution in [0.1, 0.15) is 40.5 Å². The van der Waals surface area contributed by atoms with Gasteiger partial charge in [0.25, 0.3) is 0 Å². The van der Waals surface area contributed by atoms with Crippen LogP contribution in [0.3, 0.4) is 0 Å². The summed E-state index contributed by atoms with van der Waals surface area (Å²) in [7, 11) is 0. The molecule has 0 aliphatic carbocycles. The molecular weight excluding hydrogens is 162 g/mol. The Bertz CT molecular complexity index is 145. The van der Waals surface area contributed by atoms with E-state index in [0.717, 1.165) is 6.54 Å². The van der Waals surface area contributed by atoms with Gasteiger partial charge in [-0.2, -0.15) is 0 Å². The predicted octanol–water partition coefficient (Wildman–Crippen LogP) is 2.28. The molecule has 0 aromatic rings. The first-order valence-electron chi connectivity index (χ1n) is 5.49. The molecule has 0 amide bonds. The summed E-state index contributed by atoms with van der Waals surface area (Å²) < 4.78 is 5.83. The predicted molar refractivity (Wildman–Crippen MR) is 56.0 cm³/mol. The third-order valence-electron chi connectivity index (χ3n) is 2.60. The van der Waals surface area contributed by atoms with E-state index in [1.165, 1.54) is 19.4 Å². The lowest BCUT2D eigenvalue weighted by Crippen LogP contribution is -2.43. The largest absolute Gasteiger partial charge is 0.374 e. The summed E-state index contributed by atoms with van der Waals surface area (Å²) in [5, 5.41) is 0. The highest BCUT2D eigenvalue weighted by molar-refractivity contribution is 4.75. The van der Waals surface area contributed by atoms with Crippen molar-refractivity contribution in [3.8, 4) is 0 Å². The van der Waals surface area contributed by atoms with Gasteiger partial charge in [0.1, 0.15) is 0 Å². The summed E-state index contributed by atoms with van der Waals surface area (Å²) in [6, 6.07) is 0.665. The Morgan fingerprint density at radius 1 is 1.23 bits per heavy atom. The topological polar surface area (TPSA) is 12.5 Å². The van der Waals surface area contributed by atoms with Gasteiger partial charge in [0.2, 0.25) is 0 Å². The standard InChI is InChI=1S/C11H23NO/c1-9(2)12-7-5-6-11(8-12)13-10(3)4/h9-11H,5-8H2,1-4H3/t11-/m0/s1. The van der Waals surface area contributed by atoms with Gasteiger partial charge >= 0.3 is 0 Å². The third kappa shape index (κ3) is 3.65. The lowest BCUT2D eigenvalue weighted by molar-refractivity contribution is -0.0391. The molecule has 1 atom stereocenters. The van der Waals surface area contributed by atoms with Gasteiger partial charge in [-0.3, -0.25) is 4.90 Å². The lowest BCUT2D eigenvalue weighted by atomic mass is 10.1. The van der Waals surface area contributed by atoms with Gasteiger partial charge in [0.05, 0.1) is 12.2 Å². The molecule has 1 saturated heterocycles. The van der Waals surface area contributed by atoms with E-state index < -0.39 is 0 Å². The van der Waals surface area contributed by atoms with E-state index >= 15 is 0 Å². The number of likely N-dealkylation sites (tertiary alicyclic amines) is 1. The minimum absolute atomic E-state index is 0.372. The zero-order valence-electron chi connectivity index (χ0n) is 9.42. The Morgan fingerprint density at radius 3 is 2.46 bits per heavy atom. The van der Waals surface area contributed by atoms with Crippen LogP contribution in [0.5, 0.6) is 0 Å². The molecule has 1 aliphatic rings. The first-order chi connectivity index (χ1) is 6.09. The maximum Gasteiger partial charge on any atom is 0.0706 e. The molecule has 0 bridgehead atoms. The number of hydrogen-bond donors (Lipinski definition) is 0. The minimum Gasteiger partial charge on any atom is -0.374 e. The molecule has 0 saturated carbocycles. The van der Waals surface area contributed by atoms with Gasteiger partial charge in [-0.25, -0.2) is 0 Å². The maximum atomic E-state index is 5.83. The highest BCUT2D eigenvalue weighted by Gasteiger charge is 2.22. The van der Waals surface area contributed by atoms with Crippen molar-refractivity contribution in [2.24, 2.45) is 0 Å². The number of nitrogens with zero attached hydrogens (tertiary/aromatic N) is 1. The Labute approximate surface area is 82.3 Å². The normalized spacial score (nSPS) is 25.8. The molecule has 1 aliphatic heterocycles. The summed E-state index contributed by atoms with van der Waals surface area (Å²) in [6.07, 6.45) is 3.37. The molecule has 1 rings (SSSR count). The van der Waals surface area contributed by atoms with E-state index in [1.807, 2.05) is 0 Å². The quantitative estimate of drug-likeness (QED) is 0.669. The summed E-state index contributed by atoms with van der Waals surface area (Å²) in [5.74, 6) is 0. The minimum atomic E-state index is 0.372. The molecule has 2 nitrogen and oxygen atoms in total. The van der Waals surface area contributed by atoms with Crippen molar-refractivity contribution in [2.45, 2.75) is 58.8 Å². The summed E-state index contributed by atoms with van der Waals surface area (Å²) >= 11 is 0. The molecule has 2 heteroatoms. The molecule has 1 fully saturated rings. The van der Waals surface area contributed by atoms with E-state index in [1.54, 1.807) is 0 Å². The second kappa shape index (κ2) is 4.97. The van der Waals surface area contributed by atoms with Crippen molar-refractivity contribution in [1.82, 2.24) is 4.90 Å². The van der Waals surface area contributed by atoms with Crippen LogP contribution in [0.15, 0.2) is 0 Å². The van der Waals surface area contributed by atoms with Crippen LogP contribution in [-0.2, 0) is 4.74 Å². The monoisotopic (exact) mass is 185 g/mol. The number of ether oxygens (including phenoxy) is 1. The van der Waals surface area contributed by atoms with E-state index in [9.17, 15) is 0 Å². The van der Waals surface area contributed by atoms with Crippen LogP contribution in [0, 0.1) is 0 Å². The molecule has 0 N–H and O–H groups in total. The highest BCUT2D eigenvalue weighted by Crippen LogP contribution is 2.16. The van der Waals surface area contributed by atoms with Crippen molar-refractivity contribution >= 4 is 0 Å². The fraction of sp³-hybridized carbons (Fsp3) is 1.00. The molecule has 78 valence electrons. The summed E-state index contributed by atoms with van der Waals surface area (Å²) in [4.78, 5) is 2.51. The molecule has 0 unspecified atom stereocenters. The Hall–Kier alpha value is -0.0800. The van der Waals surface area contributed by atoms with Gasteiger partial charge < -0.3 is 4.74 Å². The number of rotatable bonds is 3. The second-order valence-corrected chi connectivity index (χ2v) is 4.54. The van der Waals surface area contributed by atoms with Gasteiger partial charge in [-0.1, -0.05) is 0 Å². The molecule has 0 spiro atoms. The van der Waals surface area contributed by atoms with Crippen LogP contribution in [0.2, 0.25) is 0 Å². The fourth-order valence-corrected chi connectivity index (χ4v) is 1.93. The molecule has 0 aromatic carbocycles. The Morgan fingerprint density at radius 2 is 1.92 bits per heavy atom. The van der Waals surface area contributed by atoms with Gasteiger partial charge in [-0.15, -0.1) is 0 Å². The first kappa shape index (κ1) is 11.0. The van der Waals surface area contributed by atoms with Crippen LogP contribution in [0.4, 0.5) is 0 Å². The van der Waals surface area contributed by atoms with Crippen LogP contribution in [-0.4, -0.2) is 36.2 Å². The van der Waals surface area contributed by atoms with Gasteiger partial charge in [0.15, 0.2) is 0 Å². The molecular formula is C11H23NO. The summed E-state index contributed by atoms with van der Waals surface area (Å²) in [5.41, 5.74) is 0. The van der Waals surface area contributed by atoms with Crippen molar-refractivity contribution in [3.63, 3.8) is 0 Å². The van der Waals surface area contributed by atoms with Gasteiger partial charge in [0, 0.05) is 12.6 Å². The van der Waals surface area contributed by atoms with E-state index in [-0.39, 0.29) is 0 Å². The third-order valence-corrected chi connectivity index (χ3v) is 2.60. The molecule has 13 heavy (non-hydrogen) atoms. The lowest BCUT2D eigenvalue weighted by Gasteiger charge is -2.36. The van der Waals surface area contributed by atoms with E-state index in [4.69, 9.17) is 4.74 Å². The Balaban J connectivity index is 2.33. The average Bonchev–Trinajstić information content (AvgIpc) is 2.03. The second-order valence-electron chi connectivity index (χ2n) is 4.54. The number of piperidine rings is 1. The zero-order chi connectivity index (χ0) is 9.84. The molecule has 1 heterocycles. The maximum absolute atomic E-state index is 5.83. The zero-order valence-corrected chi connectivity index (χ0v) is 9.42. The highest BCUT2D eigenvalue weighted by atomic mass is 16.5. The molecule has 0 aromatic heterocycles. The van der Waals surface area contributed by atoms with Crippen LogP contribution >= 0.6 is 0 Å².